The predicted molar refractivity (Wildman–Crippen MR) is 64.4 cm³/mol. The molecule has 2 bridgehead atoms. The van der Waals surface area contributed by atoms with Crippen molar-refractivity contribution >= 4 is 10.0 Å². The van der Waals surface area contributed by atoms with Gasteiger partial charge in [0.25, 0.3) is 0 Å². The molecular formula is C11H22N2O2S. The SMILES string of the molecule is CN(C)S(=O)(=O)CC(N)C1CC2CCC1C2. The second-order valence-electron chi connectivity index (χ2n) is 5.56. The number of nitrogens with two attached hydrogens (primary N) is 1. The topological polar surface area (TPSA) is 63.4 Å². The fourth-order valence-electron chi connectivity index (χ4n) is 3.33. The van der Waals surface area contributed by atoms with Crippen LogP contribution in [0.2, 0.25) is 0 Å². The van der Waals surface area contributed by atoms with Crippen LogP contribution in [0.5, 0.6) is 0 Å². The first kappa shape index (κ1) is 12.3. The molecule has 2 rings (SSSR count). The van der Waals surface area contributed by atoms with Crippen molar-refractivity contribution in [3.05, 3.63) is 0 Å². The van der Waals surface area contributed by atoms with E-state index in [2.05, 4.69) is 0 Å². The van der Waals surface area contributed by atoms with Gasteiger partial charge in [-0.05, 0) is 37.0 Å². The Bertz CT molecular complexity index is 353. The van der Waals surface area contributed by atoms with Crippen LogP contribution in [0.3, 0.4) is 0 Å². The largest absolute Gasteiger partial charge is 0.326 e. The number of fused-ring (bicyclic) bond motifs is 2. The van der Waals surface area contributed by atoms with E-state index in [0.717, 1.165) is 12.3 Å². The molecule has 0 amide bonds. The van der Waals surface area contributed by atoms with Gasteiger partial charge in [0, 0.05) is 20.1 Å². The van der Waals surface area contributed by atoms with Crippen LogP contribution in [0.15, 0.2) is 0 Å². The van der Waals surface area contributed by atoms with Gasteiger partial charge in [-0.3, -0.25) is 0 Å². The lowest BCUT2D eigenvalue weighted by Gasteiger charge is -2.28. The molecule has 4 nitrogen and oxygen atoms in total. The highest BCUT2D eigenvalue weighted by Crippen LogP contribution is 2.49. The molecule has 2 fully saturated rings. The normalized spacial score (nSPS) is 35.9. The van der Waals surface area contributed by atoms with Gasteiger partial charge in [0.1, 0.15) is 0 Å². The van der Waals surface area contributed by atoms with E-state index in [1.54, 1.807) is 14.1 Å². The van der Waals surface area contributed by atoms with Gasteiger partial charge < -0.3 is 5.73 Å². The predicted octanol–water partition coefficient (Wildman–Crippen LogP) is 0.641. The summed E-state index contributed by atoms with van der Waals surface area (Å²) >= 11 is 0. The van der Waals surface area contributed by atoms with Crippen molar-refractivity contribution < 1.29 is 8.42 Å². The van der Waals surface area contributed by atoms with Crippen LogP contribution >= 0.6 is 0 Å². The Kier molecular flexibility index (Phi) is 3.29. The monoisotopic (exact) mass is 246 g/mol. The van der Waals surface area contributed by atoms with Crippen molar-refractivity contribution in [1.29, 1.82) is 0 Å². The fourth-order valence-corrected chi connectivity index (χ4v) is 4.37. The minimum atomic E-state index is -3.14. The second kappa shape index (κ2) is 4.27. The molecule has 2 saturated carbocycles. The van der Waals surface area contributed by atoms with Gasteiger partial charge in [0.05, 0.1) is 5.75 Å². The molecule has 94 valence electrons. The van der Waals surface area contributed by atoms with Crippen molar-refractivity contribution in [3.8, 4) is 0 Å². The van der Waals surface area contributed by atoms with Crippen molar-refractivity contribution in [2.45, 2.75) is 31.7 Å². The first-order valence-electron chi connectivity index (χ1n) is 6.06. The van der Waals surface area contributed by atoms with E-state index in [1.807, 2.05) is 0 Å². The van der Waals surface area contributed by atoms with Crippen LogP contribution in [0.25, 0.3) is 0 Å². The average Bonchev–Trinajstić information content (AvgIpc) is 2.77. The Hall–Kier alpha value is -0.130. The van der Waals surface area contributed by atoms with Gasteiger partial charge in [-0.1, -0.05) is 6.42 Å². The molecule has 2 N–H and O–H groups in total. The fraction of sp³-hybridized carbons (Fsp3) is 1.00. The summed E-state index contributed by atoms with van der Waals surface area (Å²) in [5.74, 6) is 2.06. The third-order valence-electron chi connectivity index (χ3n) is 4.30. The lowest BCUT2D eigenvalue weighted by atomic mass is 9.84. The van der Waals surface area contributed by atoms with Crippen LogP contribution in [0, 0.1) is 17.8 Å². The molecule has 16 heavy (non-hydrogen) atoms. The van der Waals surface area contributed by atoms with E-state index in [4.69, 9.17) is 5.73 Å². The number of nitrogens with zero attached hydrogens (tertiary/aromatic N) is 1. The maximum Gasteiger partial charge on any atom is 0.215 e. The van der Waals surface area contributed by atoms with Crippen molar-refractivity contribution in [1.82, 2.24) is 4.31 Å². The Balaban J connectivity index is 1.96. The number of hydrogen-bond acceptors (Lipinski definition) is 3. The molecule has 0 saturated heterocycles. The van der Waals surface area contributed by atoms with E-state index < -0.39 is 10.0 Å². The molecule has 4 unspecified atom stereocenters. The minimum absolute atomic E-state index is 0.105. The summed E-state index contributed by atoms with van der Waals surface area (Å²) in [6, 6.07) is -0.178. The summed E-state index contributed by atoms with van der Waals surface area (Å²) in [4.78, 5) is 0. The molecule has 2 aliphatic carbocycles. The average molecular weight is 246 g/mol. The highest BCUT2D eigenvalue weighted by Gasteiger charge is 2.43. The van der Waals surface area contributed by atoms with E-state index >= 15 is 0 Å². The Morgan fingerprint density at radius 2 is 2.00 bits per heavy atom. The zero-order valence-corrected chi connectivity index (χ0v) is 10.9. The maximum absolute atomic E-state index is 11.7. The Labute approximate surface area is 98.2 Å². The zero-order valence-electron chi connectivity index (χ0n) is 10.1. The summed E-state index contributed by atoms with van der Waals surface area (Å²) in [6.45, 7) is 0. The lowest BCUT2D eigenvalue weighted by molar-refractivity contribution is 0.292. The zero-order chi connectivity index (χ0) is 11.9. The van der Waals surface area contributed by atoms with Gasteiger partial charge in [0.15, 0.2) is 0 Å². The molecule has 0 spiro atoms. The van der Waals surface area contributed by atoms with Crippen molar-refractivity contribution in [3.63, 3.8) is 0 Å². The molecule has 0 aromatic heterocycles. The van der Waals surface area contributed by atoms with E-state index in [-0.39, 0.29) is 11.8 Å². The quantitative estimate of drug-likeness (QED) is 0.792. The maximum atomic E-state index is 11.7. The molecule has 5 heteroatoms. The number of hydrogen-bond donors (Lipinski definition) is 1. The van der Waals surface area contributed by atoms with Gasteiger partial charge in [-0.2, -0.15) is 0 Å². The molecule has 0 radical (unpaired) electrons. The first-order valence-corrected chi connectivity index (χ1v) is 7.67. The van der Waals surface area contributed by atoms with Gasteiger partial charge in [0.2, 0.25) is 10.0 Å². The van der Waals surface area contributed by atoms with Crippen LogP contribution in [-0.2, 0) is 10.0 Å². The van der Waals surface area contributed by atoms with E-state index in [0.29, 0.717) is 11.8 Å². The standard InChI is InChI=1S/C11H22N2O2S/c1-13(2)16(14,15)7-11(12)10-6-8-3-4-9(10)5-8/h8-11H,3-7,12H2,1-2H3. The smallest absolute Gasteiger partial charge is 0.215 e. The van der Waals surface area contributed by atoms with Crippen LogP contribution in [-0.4, -0.2) is 38.6 Å². The van der Waals surface area contributed by atoms with Crippen molar-refractivity contribution in [2.75, 3.05) is 19.8 Å². The van der Waals surface area contributed by atoms with Crippen molar-refractivity contribution in [2.24, 2.45) is 23.5 Å². The van der Waals surface area contributed by atoms with Crippen LogP contribution in [0.4, 0.5) is 0 Å². The van der Waals surface area contributed by atoms with Gasteiger partial charge in [-0.25, -0.2) is 12.7 Å². The molecule has 0 aliphatic heterocycles. The molecule has 0 aromatic rings. The number of rotatable bonds is 4. The highest BCUT2D eigenvalue weighted by molar-refractivity contribution is 7.89. The molecule has 4 atom stereocenters. The lowest BCUT2D eigenvalue weighted by Crippen LogP contribution is -2.42. The molecule has 2 aliphatic rings. The summed E-state index contributed by atoms with van der Waals surface area (Å²) in [7, 11) is 0.00121. The third-order valence-corrected chi connectivity index (χ3v) is 6.22. The van der Waals surface area contributed by atoms with E-state index in [1.165, 1.54) is 23.6 Å². The van der Waals surface area contributed by atoms with E-state index in [9.17, 15) is 8.42 Å². The first-order chi connectivity index (χ1) is 7.40. The summed E-state index contributed by atoms with van der Waals surface area (Å²) in [5.41, 5.74) is 6.08. The minimum Gasteiger partial charge on any atom is -0.326 e. The molecular weight excluding hydrogens is 224 g/mol. The third kappa shape index (κ3) is 2.26. The molecule has 0 heterocycles. The Morgan fingerprint density at radius 1 is 1.31 bits per heavy atom. The molecule has 0 aromatic carbocycles. The number of sulfonamides is 1. The Morgan fingerprint density at radius 3 is 2.44 bits per heavy atom. The highest BCUT2D eigenvalue weighted by atomic mass is 32.2. The second-order valence-corrected chi connectivity index (χ2v) is 7.79. The summed E-state index contributed by atoms with van der Waals surface area (Å²) < 4.78 is 24.8. The summed E-state index contributed by atoms with van der Waals surface area (Å²) in [6.07, 6.45) is 5.01. The summed E-state index contributed by atoms with van der Waals surface area (Å²) in [5, 5.41) is 0. The van der Waals surface area contributed by atoms with Crippen LogP contribution in [0.1, 0.15) is 25.7 Å². The van der Waals surface area contributed by atoms with Gasteiger partial charge in [-0.15, -0.1) is 0 Å². The van der Waals surface area contributed by atoms with Crippen LogP contribution < -0.4 is 5.73 Å². The van der Waals surface area contributed by atoms with Gasteiger partial charge >= 0.3 is 0 Å².